The number of rotatable bonds is 7. The average Bonchev–Trinajstić information content (AvgIpc) is 2.76. The molecule has 1 aromatic rings. The molecule has 1 aliphatic heterocycles. The van der Waals surface area contributed by atoms with Gasteiger partial charge >= 0.3 is 0 Å². The number of carbonyl (C=O) groups excluding carboxylic acids is 1. The first-order valence-corrected chi connectivity index (χ1v) is 8.38. The summed E-state index contributed by atoms with van der Waals surface area (Å²) in [5, 5.41) is 0. The van der Waals surface area contributed by atoms with Crippen LogP contribution in [0.1, 0.15) is 31.9 Å². The van der Waals surface area contributed by atoms with Gasteiger partial charge in [0.05, 0.1) is 0 Å². The number of ether oxygens (including phenoxy) is 3. The second-order valence-corrected chi connectivity index (χ2v) is 5.55. The van der Waals surface area contributed by atoms with Crippen LogP contribution in [-0.2, 0) is 27.1 Å². The first kappa shape index (κ1) is 17.8. The van der Waals surface area contributed by atoms with E-state index in [2.05, 4.69) is 6.07 Å². The minimum atomic E-state index is -0.347. The summed E-state index contributed by atoms with van der Waals surface area (Å²) in [5.74, 6) is 1.00. The Labute approximate surface area is 138 Å². The van der Waals surface area contributed by atoms with Crippen LogP contribution in [0.4, 0.5) is 0 Å². The largest absolute Gasteiger partial charge is 0.488 e. The molecule has 5 heteroatoms. The molecule has 1 heterocycles. The van der Waals surface area contributed by atoms with Crippen LogP contribution in [0.5, 0.6) is 5.75 Å². The maximum absolute atomic E-state index is 11.6. The molecule has 5 nitrogen and oxygen atoms in total. The number of fused-ring (bicyclic) bond motifs is 1. The van der Waals surface area contributed by atoms with E-state index < -0.39 is 0 Å². The van der Waals surface area contributed by atoms with Crippen molar-refractivity contribution in [1.82, 2.24) is 4.90 Å². The van der Waals surface area contributed by atoms with Gasteiger partial charge < -0.3 is 19.1 Å². The quantitative estimate of drug-likeness (QED) is 0.724. The molecular formula is C18H27NO4. The van der Waals surface area contributed by atoms with Crippen molar-refractivity contribution in [3.63, 3.8) is 0 Å². The molecule has 1 amide bonds. The fourth-order valence-electron chi connectivity index (χ4n) is 2.87. The fraction of sp³-hybridized carbons (Fsp3) is 0.611. The highest BCUT2D eigenvalue weighted by atomic mass is 16.7. The summed E-state index contributed by atoms with van der Waals surface area (Å²) >= 11 is 0. The maximum Gasteiger partial charge on any atom is 0.219 e. The summed E-state index contributed by atoms with van der Waals surface area (Å²) in [5.41, 5.74) is 2.46. The lowest BCUT2D eigenvalue weighted by Crippen LogP contribution is -2.31. The van der Waals surface area contributed by atoms with Crippen molar-refractivity contribution < 1.29 is 19.0 Å². The monoisotopic (exact) mass is 321 g/mol. The molecule has 0 unspecified atom stereocenters. The third-order valence-electron chi connectivity index (χ3n) is 4.04. The van der Waals surface area contributed by atoms with E-state index in [9.17, 15) is 4.79 Å². The smallest absolute Gasteiger partial charge is 0.219 e. The van der Waals surface area contributed by atoms with Crippen molar-refractivity contribution in [2.24, 2.45) is 0 Å². The molecule has 2 rings (SSSR count). The van der Waals surface area contributed by atoms with Gasteiger partial charge in [-0.25, -0.2) is 0 Å². The Morgan fingerprint density at radius 1 is 1.17 bits per heavy atom. The van der Waals surface area contributed by atoms with Crippen molar-refractivity contribution in [2.75, 3.05) is 32.9 Å². The molecule has 0 saturated carbocycles. The Bertz CT molecular complexity index is 512. The predicted molar refractivity (Wildman–Crippen MR) is 88.6 cm³/mol. The minimum absolute atomic E-state index is 0.132. The topological polar surface area (TPSA) is 48.0 Å². The zero-order valence-corrected chi connectivity index (χ0v) is 14.3. The molecule has 0 atom stereocenters. The van der Waals surface area contributed by atoms with Gasteiger partial charge in [0, 0.05) is 33.2 Å². The Balaban J connectivity index is 2.05. The van der Waals surface area contributed by atoms with Crippen LogP contribution in [-0.4, -0.2) is 50.0 Å². The van der Waals surface area contributed by atoms with Crippen molar-refractivity contribution >= 4 is 5.91 Å². The molecular weight excluding hydrogens is 294 g/mol. The molecule has 128 valence electrons. The molecule has 0 fully saturated rings. The van der Waals surface area contributed by atoms with Gasteiger partial charge in [0.25, 0.3) is 0 Å². The molecule has 23 heavy (non-hydrogen) atoms. The highest BCUT2D eigenvalue weighted by Gasteiger charge is 2.19. The van der Waals surface area contributed by atoms with Gasteiger partial charge in [0.2, 0.25) is 5.91 Å². The van der Waals surface area contributed by atoms with E-state index in [1.165, 1.54) is 11.1 Å². The summed E-state index contributed by atoms with van der Waals surface area (Å²) in [6.07, 6.45) is 1.34. The van der Waals surface area contributed by atoms with Gasteiger partial charge in [-0.15, -0.1) is 0 Å². The van der Waals surface area contributed by atoms with E-state index >= 15 is 0 Å². The van der Waals surface area contributed by atoms with E-state index in [0.717, 1.165) is 31.7 Å². The van der Waals surface area contributed by atoms with Gasteiger partial charge in [-0.2, -0.15) is 0 Å². The summed E-state index contributed by atoms with van der Waals surface area (Å²) < 4.78 is 17.0. The van der Waals surface area contributed by atoms with Crippen LogP contribution in [0.25, 0.3) is 0 Å². The van der Waals surface area contributed by atoms with Gasteiger partial charge in [0.15, 0.2) is 6.29 Å². The van der Waals surface area contributed by atoms with Crippen LogP contribution in [0, 0.1) is 0 Å². The number of hydrogen-bond acceptors (Lipinski definition) is 4. The Morgan fingerprint density at radius 3 is 2.52 bits per heavy atom. The first-order valence-electron chi connectivity index (χ1n) is 8.38. The van der Waals surface area contributed by atoms with Gasteiger partial charge in [-0.1, -0.05) is 12.1 Å². The van der Waals surface area contributed by atoms with Crippen LogP contribution in [0.15, 0.2) is 18.2 Å². The third-order valence-corrected chi connectivity index (χ3v) is 4.04. The van der Waals surface area contributed by atoms with E-state index in [4.69, 9.17) is 14.2 Å². The van der Waals surface area contributed by atoms with Crippen LogP contribution in [0.3, 0.4) is 0 Å². The highest BCUT2D eigenvalue weighted by molar-refractivity contribution is 5.73. The van der Waals surface area contributed by atoms with Crippen molar-refractivity contribution in [2.45, 2.75) is 39.9 Å². The molecule has 0 radical (unpaired) electrons. The third kappa shape index (κ3) is 4.94. The van der Waals surface area contributed by atoms with Crippen LogP contribution in [0.2, 0.25) is 0 Å². The fourth-order valence-corrected chi connectivity index (χ4v) is 2.87. The molecule has 0 spiro atoms. The number of nitrogens with zero attached hydrogens (tertiary/aromatic N) is 1. The van der Waals surface area contributed by atoms with Gasteiger partial charge in [-0.3, -0.25) is 4.79 Å². The lowest BCUT2D eigenvalue weighted by molar-refractivity contribution is -0.152. The zero-order valence-electron chi connectivity index (χ0n) is 14.3. The molecule has 1 aromatic carbocycles. The second kappa shape index (κ2) is 8.89. The standard InChI is InChI=1S/C18H27NO4/c1-4-21-18(22-5-2)13-23-17-8-6-7-15-9-11-19(14(3)20)12-10-16(15)17/h6-8,18H,4-5,9-13H2,1-3H3. The van der Waals surface area contributed by atoms with E-state index in [1.807, 2.05) is 30.9 Å². The van der Waals surface area contributed by atoms with Crippen molar-refractivity contribution in [1.29, 1.82) is 0 Å². The minimum Gasteiger partial charge on any atom is -0.488 e. The van der Waals surface area contributed by atoms with E-state index in [-0.39, 0.29) is 12.2 Å². The van der Waals surface area contributed by atoms with Gasteiger partial charge in [-0.05, 0) is 43.9 Å². The summed E-state index contributed by atoms with van der Waals surface area (Å²) in [6.45, 7) is 8.57. The summed E-state index contributed by atoms with van der Waals surface area (Å²) in [4.78, 5) is 13.5. The Morgan fingerprint density at radius 2 is 1.87 bits per heavy atom. The SMILES string of the molecule is CCOC(COc1cccc2c1CCN(C(C)=O)CC2)OCC. The van der Waals surface area contributed by atoms with E-state index in [1.54, 1.807) is 6.92 Å². The normalized spacial score (nSPS) is 14.5. The molecule has 0 aromatic heterocycles. The molecule has 1 aliphatic rings. The van der Waals surface area contributed by atoms with E-state index in [0.29, 0.717) is 19.8 Å². The van der Waals surface area contributed by atoms with Crippen LogP contribution < -0.4 is 4.74 Å². The van der Waals surface area contributed by atoms with Crippen LogP contribution >= 0.6 is 0 Å². The molecule has 0 saturated heterocycles. The molecule has 0 N–H and O–H groups in total. The zero-order chi connectivity index (χ0) is 16.7. The average molecular weight is 321 g/mol. The molecule has 0 bridgehead atoms. The van der Waals surface area contributed by atoms with Crippen molar-refractivity contribution in [3.8, 4) is 5.75 Å². The van der Waals surface area contributed by atoms with Gasteiger partial charge in [0.1, 0.15) is 12.4 Å². The number of amides is 1. The number of benzene rings is 1. The Kier molecular flexibility index (Phi) is 6.86. The Hall–Kier alpha value is -1.59. The second-order valence-electron chi connectivity index (χ2n) is 5.55. The highest BCUT2D eigenvalue weighted by Crippen LogP contribution is 2.26. The maximum atomic E-state index is 11.6. The predicted octanol–water partition coefficient (Wildman–Crippen LogP) is 2.41. The first-order chi connectivity index (χ1) is 11.2. The lowest BCUT2D eigenvalue weighted by atomic mass is 10.0. The number of hydrogen-bond donors (Lipinski definition) is 0. The molecule has 0 aliphatic carbocycles. The summed E-state index contributed by atoms with van der Waals surface area (Å²) in [7, 11) is 0. The summed E-state index contributed by atoms with van der Waals surface area (Å²) in [6, 6.07) is 6.11. The lowest BCUT2D eigenvalue weighted by Gasteiger charge is -2.19. The van der Waals surface area contributed by atoms with Crippen molar-refractivity contribution in [3.05, 3.63) is 29.3 Å². The number of carbonyl (C=O) groups is 1.